The van der Waals surface area contributed by atoms with Gasteiger partial charge in [0.1, 0.15) is 24.2 Å². The van der Waals surface area contributed by atoms with E-state index in [1.54, 1.807) is 0 Å². The van der Waals surface area contributed by atoms with Crippen molar-refractivity contribution in [1.82, 2.24) is 25.5 Å². The van der Waals surface area contributed by atoms with Crippen LogP contribution >= 0.6 is 0 Å². The molecule has 0 aliphatic carbocycles. The molecule has 1 aliphatic heterocycles. The number of amides is 1. The average Bonchev–Trinajstić information content (AvgIpc) is 3.29. The van der Waals surface area contributed by atoms with E-state index in [0.717, 1.165) is 6.20 Å². The average molecular weight is 539 g/mol. The molecular weight excluding hydrogens is 523 g/mol. The summed E-state index contributed by atoms with van der Waals surface area (Å²) in [7, 11) is 0. The van der Waals surface area contributed by atoms with Gasteiger partial charge in [0.25, 0.3) is 5.91 Å². The second-order valence-electron chi connectivity index (χ2n) is 7.69. The Bertz CT molecular complexity index is 1260. The van der Waals surface area contributed by atoms with Crippen LogP contribution in [0.25, 0.3) is 11.0 Å². The minimum atomic E-state index is -4.94. The highest BCUT2D eigenvalue weighted by Gasteiger charge is 2.35. The molecule has 3 heterocycles. The van der Waals surface area contributed by atoms with Crippen LogP contribution < -0.4 is 10.1 Å². The van der Waals surface area contributed by atoms with Crippen molar-refractivity contribution in [3.05, 3.63) is 41.3 Å². The predicted molar refractivity (Wildman–Crippen MR) is 105 cm³/mol. The first-order valence-corrected chi connectivity index (χ1v) is 10.5. The Morgan fingerprint density at radius 1 is 1.08 bits per heavy atom. The first-order valence-electron chi connectivity index (χ1n) is 10.5. The molecule has 0 spiro atoms. The molecule has 0 unspecified atom stereocenters. The van der Waals surface area contributed by atoms with E-state index in [1.807, 2.05) is 0 Å². The number of hydrogen-bond donors (Lipinski definition) is 1. The van der Waals surface area contributed by atoms with Crippen molar-refractivity contribution < 1.29 is 54.2 Å². The Kier molecular flexibility index (Phi) is 7.44. The van der Waals surface area contributed by atoms with Crippen LogP contribution in [0.2, 0.25) is 0 Å². The quantitative estimate of drug-likeness (QED) is 0.354. The summed E-state index contributed by atoms with van der Waals surface area (Å²) < 4.78 is 108. The maximum Gasteiger partial charge on any atom is 0.522 e. The number of fused-ring (bicyclic) bond motifs is 1. The van der Waals surface area contributed by atoms with Crippen molar-refractivity contribution in [3.63, 3.8) is 0 Å². The summed E-state index contributed by atoms with van der Waals surface area (Å²) in [5, 5.41) is 9.89. The smallest absolute Gasteiger partial charge is 0.447 e. The molecule has 0 radical (unpaired) electrons. The number of benzene rings is 1. The molecular formula is C20H16F7N5O5. The number of rotatable bonds is 7. The molecule has 0 bridgehead atoms. The number of carbonyl (C=O) groups is 1. The summed E-state index contributed by atoms with van der Waals surface area (Å²) in [6.45, 7) is -1.26. The van der Waals surface area contributed by atoms with Crippen LogP contribution in [0.1, 0.15) is 40.9 Å². The molecule has 200 valence electrons. The highest BCUT2D eigenvalue weighted by atomic mass is 19.4. The lowest BCUT2D eigenvalue weighted by atomic mass is 10.0. The number of alkyl halides is 6. The molecule has 37 heavy (non-hydrogen) atoms. The minimum absolute atomic E-state index is 0.00115. The van der Waals surface area contributed by atoms with Gasteiger partial charge in [-0.2, -0.15) is 13.2 Å². The van der Waals surface area contributed by atoms with Gasteiger partial charge in [-0.1, -0.05) is 5.10 Å². The first-order chi connectivity index (χ1) is 17.4. The number of carbonyl (C=O) groups excluding carboxylic acids is 1. The fourth-order valence-corrected chi connectivity index (χ4v) is 3.37. The van der Waals surface area contributed by atoms with Gasteiger partial charge in [0.2, 0.25) is 5.89 Å². The third-order valence-electron chi connectivity index (χ3n) is 5.05. The Hall–Kier alpha value is -3.60. The van der Waals surface area contributed by atoms with Gasteiger partial charge in [0, 0.05) is 6.07 Å². The van der Waals surface area contributed by atoms with Gasteiger partial charge >= 0.3 is 18.6 Å². The molecule has 0 saturated carbocycles. The van der Waals surface area contributed by atoms with Crippen LogP contribution in [0, 0.1) is 5.82 Å². The second kappa shape index (κ2) is 10.4. The maximum absolute atomic E-state index is 13.7. The minimum Gasteiger partial charge on any atom is -0.447 e. The summed E-state index contributed by atoms with van der Waals surface area (Å²) >= 11 is 0. The Labute approximate surface area is 202 Å². The van der Waals surface area contributed by atoms with E-state index >= 15 is 0 Å². The van der Waals surface area contributed by atoms with Crippen LogP contribution in [0.15, 0.2) is 22.7 Å². The van der Waals surface area contributed by atoms with Crippen molar-refractivity contribution >= 4 is 16.9 Å². The van der Waals surface area contributed by atoms with E-state index in [9.17, 15) is 35.5 Å². The van der Waals surface area contributed by atoms with Gasteiger partial charge in [-0.25, -0.2) is 9.37 Å². The summed E-state index contributed by atoms with van der Waals surface area (Å²) in [4.78, 5) is 20.2. The SMILES string of the molecule is O=C(N[C@@H]1CC[C@@H](c2nnc(OCCOC(F)(F)F)o2)OC1)c1cnc2cc(F)c(C(F)(F)F)cc2n1. The maximum atomic E-state index is 13.7. The normalized spacial score (nSPS) is 18.7. The number of halogens is 7. The second-order valence-corrected chi connectivity index (χ2v) is 7.69. The van der Waals surface area contributed by atoms with E-state index in [-0.39, 0.29) is 35.3 Å². The van der Waals surface area contributed by atoms with Gasteiger partial charge in [-0.3, -0.25) is 14.5 Å². The largest absolute Gasteiger partial charge is 0.522 e. The number of nitrogens with zero attached hydrogens (tertiary/aromatic N) is 4. The van der Waals surface area contributed by atoms with Crippen molar-refractivity contribution in [3.8, 4) is 6.08 Å². The highest BCUT2D eigenvalue weighted by molar-refractivity contribution is 5.94. The van der Waals surface area contributed by atoms with E-state index in [0.29, 0.717) is 25.0 Å². The fraction of sp³-hybridized carbons (Fsp3) is 0.450. The van der Waals surface area contributed by atoms with E-state index < -0.39 is 55.2 Å². The third kappa shape index (κ3) is 6.79. The lowest BCUT2D eigenvalue weighted by Crippen LogP contribution is -2.41. The first kappa shape index (κ1) is 26.5. The van der Waals surface area contributed by atoms with Crippen molar-refractivity contribution in [2.75, 3.05) is 19.8 Å². The fourth-order valence-electron chi connectivity index (χ4n) is 3.37. The lowest BCUT2D eigenvalue weighted by Gasteiger charge is -2.27. The molecule has 1 aliphatic rings. The van der Waals surface area contributed by atoms with Crippen molar-refractivity contribution in [2.45, 2.75) is 37.5 Å². The van der Waals surface area contributed by atoms with E-state index in [1.165, 1.54) is 0 Å². The van der Waals surface area contributed by atoms with Gasteiger partial charge in [-0.15, -0.1) is 18.3 Å². The molecule has 1 amide bonds. The summed E-state index contributed by atoms with van der Waals surface area (Å²) in [6.07, 6.45) is -9.08. The van der Waals surface area contributed by atoms with Crippen molar-refractivity contribution in [2.24, 2.45) is 0 Å². The van der Waals surface area contributed by atoms with Gasteiger partial charge in [-0.05, 0) is 18.9 Å². The monoisotopic (exact) mass is 539 g/mol. The molecule has 2 aromatic heterocycles. The molecule has 1 fully saturated rings. The Morgan fingerprint density at radius 2 is 1.86 bits per heavy atom. The van der Waals surface area contributed by atoms with Gasteiger partial charge < -0.3 is 19.2 Å². The summed E-state index contributed by atoms with van der Waals surface area (Å²) in [5.41, 5.74) is -2.26. The van der Waals surface area contributed by atoms with Crippen LogP contribution in [-0.4, -0.2) is 58.3 Å². The van der Waals surface area contributed by atoms with E-state index in [2.05, 4.69) is 30.2 Å². The van der Waals surface area contributed by atoms with Gasteiger partial charge in [0.15, 0.2) is 0 Å². The van der Waals surface area contributed by atoms with Crippen LogP contribution in [0.5, 0.6) is 6.08 Å². The van der Waals surface area contributed by atoms with Crippen LogP contribution in [-0.2, 0) is 15.7 Å². The Balaban J connectivity index is 1.30. The zero-order valence-corrected chi connectivity index (χ0v) is 18.4. The van der Waals surface area contributed by atoms with Crippen molar-refractivity contribution in [1.29, 1.82) is 0 Å². The molecule has 1 saturated heterocycles. The van der Waals surface area contributed by atoms with Crippen LogP contribution in [0.3, 0.4) is 0 Å². The number of nitrogens with one attached hydrogen (secondary N) is 1. The van der Waals surface area contributed by atoms with Gasteiger partial charge in [0.05, 0.1) is 42.0 Å². The molecule has 2 atom stereocenters. The molecule has 1 aromatic carbocycles. The standard InChI is InChI=1S/C20H16F7N5O5/c21-11-6-12-13(5-10(11)19(22,23)24)30-14(7-28-12)16(33)29-9-1-2-15(35-8-9)17-31-32-18(37-17)34-3-4-36-20(25,26)27/h5-7,9,15H,1-4,8H2,(H,29,33)/t9-,15+/m1/s1. The number of ether oxygens (including phenoxy) is 3. The highest BCUT2D eigenvalue weighted by Crippen LogP contribution is 2.33. The van der Waals surface area contributed by atoms with Crippen LogP contribution in [0.4, 0.5) is 30.7 Å². The molecule has 1 N–H and O–H groups in total. The third-order valence-corrected chi connectivity index (χ3v) is 5.05. The number of hydrogen-bond acceptors (Lipinski definition) is 9. The van der Waals surface area contributed by atoms with E-state index in [4.69, 9.17) is 13.9 Å². The molecule has 17 heteroatoms. The zero-order chi connectivity index (χ0) is 26.8. The Morgan fingerprint density at radius 3 is 2.54 bits per heavy atom. The number of aromatic nitrogens is 4. The zero-order valence-electron chi connectivity index (χ0n) is 18.4. The molecule has 10 nitrogen and oxygen atoms in total. The molecule has 4 rings (SSSR count). The molecule has 3 aromatic rings. The predicted octanol–water partition coefficient (Wildman–Crippen LogP) is 3.74. The lowest BCUT2D eigenvalue weighted by molar-refractivity contribution is -0.325. The summed E-state index contributed by atoms with van der Waals surface area (Å²) in [6, 6.07) is 0.569. The summed E-state index contributed by atoms with van der Waals surface area (Å²) in [5.74, 6) is -2.21. The topological polar surface area (TPSA) is 121 Å².